The number of nitrogens with one attached hydrogen (secondary N) is 1. The Bertz CT molecular complexity index is 304. The van der Waals surface area contributed by atoms with Gasteiger partial charge < -0.3 is 10.2 Å². The summed E-state index contributed by atoms with van der Waals surface area (Å²) in [5, 5.41) is 3.13. The van der Waals surface area contributed by atoms with Crippen LogP contribution in [0.3, 0.4) is 0 Å². The summed E-state index contributed by atoms with van der Waals surface area (Å²) in [6.45, 7) is 2.02. The van der Waals surface area contributed by atoms with Crippen molar-refractivity contribution in [2.24, 2.45) is 17.8 Å². The largest absolute Gasteiger partial charge is 0.339 e. The second-order valence-corrected chi connectivity index (χ2v) is 6.68. The van der Waals surface area contributed by atoms with E-state index in [-0.39, 0.29) is 0 Å². The highest BCUT2D eigenvalue weighted by Crippen LogP contribution is 2.47. The van der Waals surface area contributed by atoms with Crippen LogP contribution in [0.15, 0.2) is 0 Å². The Morgan fingerprint density at radius 1 is 1.11 bits per heavy atom. The van der Waals surface area contributed by atoms with Gasteiger partial charge in [0, 0.05) is 19.0 Å². The van der Waals surface area contributed by atoms with Crippen LogP contribution in [0.5, 0.6) is 0 Å². The highest BCUT2D eigenvalue weighted by atomic mass is 16.2. The molecule has 2 atom stereocenters. The number of rotatable bonds is 4. The molecule has 3 heteroatoms. The number of nitrogens with zero attached hydrogens (tertiary/aromatic N) is 1. The van der Waals surface area contributed by atoms with Crippen LogP contribution in [0.1, 0.15) is 44.9 Å². The van der Waals surface area contributed by atoms with E-state index in [0.717, 1.165) is 43.7 Å². The molecular formula is C15H26N2O. The molecule has 18 heavy (non-hydrogen) atoms. The van der Waals surface area contributed by atoms with E-state index in [4.69, 9.17) is 0 Å². The second kappa shape index (κ2) is 5.20. The van der Waals surface area contributed by atoms with Crippen LogP contribution in [0.2, 0.25) is 0 Å². The van der Waals surface area contributed by atoms with E-state index in [2.05, 4.69) is 10.2 Å². The normalized spacial score (nSPS) is 37.9. The van der Waals surface area contributed by atoms with Gasteiger partial charge in [0.2, 0.25) is 5.91 Å². The Hall–Kier alpha value is -0.570. The first kappa shape index (κ1) is 12.5. The van der Waals surface area contributed by atoms with Gasteiger partial charge in [0.25, 0.3) is 0 Å². The fourth-order valence-electron chi connectivity index (χ4n) is 4.65. The minimum atomic E-state index is 0.420. The molecule has 0 spiro atoms. The topological polar surface area (TPSA) is 32.3 Å². The smallest absolute Gasteiger partial charge is 0.222 e. The zero-order valence-corrected chi connectivity index (χ0v) is 11.5. The van der Waals surface area contributed by atoms with Gasteiger partial charge in [-0.2, -0.15) is 0 Å². The molecular weight excluding hydrogens is 224 g/mol. The summed E-state index contributed by atoms with van der Waals surface area (Å²) in [6.07, 6.45) is 8.56. The molecule has 102 valence electrons. The molecule has 2 aliphatic carbocycles. The van der Waals surface area contributed by atoms with Crippen LogP contribution in [0.25, 0.3) is 0 Å². The lowest BCUT2D eigenvalue weighted by Gasteiger charge is -2.39. The minimum absolute atomic E-state index is 0.420. The molecule has 2 saturated heterocycles. The van der Waals surface area contributed by atoms with Crippen molar-refractivity contribution < 1.29 is 4.79 Å². The van der Waals surface area contributed by atoms with E-state index < -0.39 is 0 Å². The third kappa shape index (κ3) is 2.42. The predicted molar refractivity (Wildman–Crippen MR) is 72.2 cm³/mol. The molecule has 0 radical (unpaired) electrons. The number of hydrogen-bond donors (Lipinski definition) is 1. The number of amides is 1. The van der Waals surface area contributed by atoms with Crippen molar-refractivity contribution in [3.05, 3.63) is 0 Å². The summed E-state index contributed by atoms with van der Waals surface area (Å²) >= 11 is 0. The van der Waals surface area contributed by atoms with Gasteiger partial charge >= 0.3 is 0 Å². The molecule has 2 saturated carbocycles. The molecule has 4 bridgehead atoms. The molecule has 1 amide bonds. The zero-order chi connectivity index (χ0) is 12.5. The lowest BCUT2D eigenvalue weighted by molar-refractivity contribution is -0.134. The van der Waals surface area contributed by atoms with E-state index in [0.29, 0.717) is 11.9 Å². The van der Waals surface area contributed by atoms with E-state index in [1.54, 1.807) is 0 Å². The molecule has 2 heterocycles. The summed E-state index contributed by atoms with van der Waals surface area (Å²) in [6, 6.07) is 0.586. The fraction of sp³-hybridized carbons (Fsp3) is 0.933. The van der Waals surface area contributed by atoms with E-state index in [9.17, 15) is 4.79 Å². The van der Waals surface area contributed by atoms with Gasteiger partial charge in [0.05, 0.1) is 0 Å². The SMILES string of the molecule is CNCCCC(=O)N1CC2CC3CC(C2)CC1C3. The Kier molecular flexibility index (Phi) is 3.60. The molecule has 4 aliphatic rings. The Morgan fingerprint density at radius 2 is 1.78 bits per heavy atom. The van der Waals surface area contributed by atoms with Crippen LogP contribution in [0.4, 0.5) is 0 Å². The van der Waals surface area contributed by atoms with Crippen LogP contribution in [0, 0.1) is 17.8 Å². The predicted octanol–water partition coefficient (Wildman–Crippen LogP) is 2.02. The monoisotopic (exact) mass is 250 g/mol. The van der Waals surface area contributed by atoms with Crippen LogP contribution in [-0.2, 0) is 4.79 Å². The number of fused-ring (bicyclic) bond motifs is 1. The molecule has 3 nitrogen and oxygen atoms in total. The Morgan fingerprint density at radius 3 is 2.44 bits per heavy atom. The summed E-state index contributed by atoms with van der Waals surface area (Å²) in [5.74, 6) is 3.10. The van der Waals surface area contributed by atoms with Crippen molar-refractivity contribution in [2.45, 2.75) is 51.0 Å². The van der Waals surface area contributed by atoms with Gasteiger partial charge in [-0.15, -0.1) is 0 Å². The highest BCUT2D eigenvalue weighted by Gasteiger charge is 2.43. The minimum Gasteiger partial charge on any atom is -0.339 e. The lowest BCUT2D eigenvalue weighted by atomic mass is 9.68. The molecule has 1 N–H and O–H groups in total. The quantitative estimate of drug-likeness (QED) is 0.774. The summed E-state index contributed by atoms with van der Waals surface area (Å²) in [5.41, 5.74) is 0. The molecule has 2 unspecified atom stereocenters. The van der Waals surface area contributed by atoms with Gasteiger partial charge in [-0.25, -0.2) is 0 Å². The summed E-state index contributed by atoms with van der Waals surface area (Å²) < 4.78 is 0. The van der Waals surface area contributed by atoms with Crippen LogP contribution >= 0.6 is 0 Å². The van der Waals surface area contributed by atoms with E-state index >= 15 is 0 Å². The van der Waals surface area contributed by atoms with Crippen molar-refractivity contribution in [1.82, 2.24) is 10.2 Å². The van der Waals surface area contributed by atoms with E-state index in [1.807, 2.05) is 7.05 Å². The van der Waals surface area contributed by atoms with Gasteiger partial charge in [0.1, 0.15) is 0 Å². The fourth-order valence-corrected chi connectivity index (χ4v) is 4.65. The Labute approximate surface area is 110 Å². The molecule has 2 aliphatic heterocycles. The second-order valence-electron chi connectivity index (χ2n) is 6.68. The maximum Gasteiger partial charge on any atom is 0.222 e. The molecule has 0 aromatic rings. The maximum absolute atomic E-state index is 12.4. The van der Waals surface area contributed by atoms with Crippen molar-refractivity contribution >= 4 is 5.91 Å². The van der Waals surface area contributed by atoms with Crippen LogP contribution in [-0.4, -0.2) is 37.0 Å². The first-order valence-corrected chi connectivity index (χ1v) is 7.70. The zero-order valence-electron chi connectivity index (χ0n) is 11.5. The summed E-state index contributed by atoms with van der Waals surface area (Å²) in [4.78, 5) is 14.7. The number of carbonyl (C=O) groups is 1. The van der Waals surface area contributed by atoms with Crippen molar-refractivity contribution in [2.75, 3.05) is 20.1 Å². The first-order valence-electron chi connectivity index (χ1n) is 7.70. The summed E-state index contributed by atoms with van der Waals surface area (Å²) in [7, 11) is 1.96. The average molecular weight is 250 g/mol. The van der Waals surface area contributed by atoms with Gasteiger partial charge in [-0.3, -0.25) is 4.79 Å². The van der Waals surface area contributed by atoms with Gasteiger partial charge in [-0.1, -0.05) is 0 Å². The average Bonchev–Trinajstić information content (AvgIpc) is 2.53. The first-order chi connectivity index (χ1) is 8.76. The number of carbonyl (C=O) groups excluding carboxylic acids is 1. The van der Waals surface area contributed by atoms with Gasteiger partial charge in [0.15, 0.2) is 0 Å². The highest BCUT2D eigenvalue weighted by molar-refractivity contribution is 5.76. The van der Waals surface area contributed by atoms with Crippen molar-refractivity contribution in [3.8, 4) is 0 Å². The standard InChI is InChI=1S/C15H26N2O/c1-16-4-2-3-15(18)17-10-13-6-11-5-12(7-13)9-14(17)8-11/h11-14,16H,2-10H2,1H3. The van der Waals surface area contributed by atoms with Crippen molar-refractivity contribution in [3.63, 3.8) is 0 Å². The van der Waals surface area contributed by atoms with Gasteiger partial charge in [-0.05, 0) is 69.9 Å². The van der Waals surface area contributed by atoms with Crippen molar-refractivity contribution in [1.29, 1.82) is 0 Å². The lowest BCUT2D eigenvalue weighted by Crippen LogP contribution is -2.42. The maximum atomic E-state index is 12.4. The molecule has 4 fully saturated rings. The Balaban J connectivity index is 1.64. The third-order valence-corrected chi connectivity index (χ3v) is 5.24. The van der Waals surface area contributed by atoms with E-state index in [1.165, 1.54) is 32.1 Å². The van der Waals surface area contributed by atoms with Crippen LogP contribution < -0.4 is 5.32 Å². The number of hydrogen-bond acceptors (Lipinski definition) is 2. The molecule has 4 rings (SSSR count). The molecule has 0 aromatic carbocycles. The third-order valence-electron chi connectivity index (χ3n) is 5.24. The molecule has 0 aromatic heterocycles.